The molecule has 0 fully saturated rings. The van der Waals surface area contributed by atoms with E-state index in [0.717, 1.165) is 92.7 Å². The lowest BCUT2D eigenvalue weighted by molar-refractivity contribution is 0.596. The third-order valence-corrected chi connectivity index (χ3v) is 26.7. The fraction of sp³-hybridized carbons (Fsp3) is 0.0303. The van der Waals surface area contributed by atoms with Crippen LogP contribution in [0.3, 0.4) is 0 Å². The second kappa shape index (κ2) is 42.2. The molecule has 24 nitrogen and oxygen atoms in total. The van der Waals surface area contributed by atoms with Crippen molar-refractivity contribution in [3.8, 4) is 0 Å². The number of hydrogen-bond acceptors (Lipinski definition) is 18. The largest absolute Gasteiger partial charge is 0.282 e. The SMILES string of the molecule is Cc1ccc(S(=O)(=O)N=Cc2cccc3cccnc23)cc1.Cc1ccc(S(=O)(=O)N=Cc2cccc3cnccc23)cc1.Cc1ccc(S(=O)(=O)N=Cc2cncc3ccccc23)cc1.O=S(=O)(N=Cc1cccc2cccnc12)c1ccccc1.O=S(=O)(N=Cc1cccc2cnccc12)c1ccccc1.O=S(=O)(N=Cc1cncc2ccccc12)c1ccccc1. The molecule has 18 rings (SSSR count). The molecule has 18 aromatic rings. The Hall–Kier alpha value is -15.2. The molecule has 0 bridgehead atoms. The third-order valence-electron chi connectivity index (χ3n) is 19.2. The Morgan fingerprint density at radius 2 is 0.426 bits per heavy atom. The maximum absolute atomic E-state index is 12.2. The van der Waals surface area contributed by atoms with Crippen LogP contribution >= 0.6 is 0 Å². The van der Waals surface area contributed by atoms with Crippen LogP contribution in [-0.4, -0.2) is 118 Å². The van der Waals surface area contributed by atoms with Crippen LogP contribution in [0.1, 0.15) is 50.1 Å². The second-order valence-electron chi connectivity index (χ2n) is 28.3. The standard InChI is InChI=1S/3C17H14N2O2S.3C16H12N2O2S/c1-13-7-9-16(10-8-13)22(20,21)19-12-15-5-2-4-14-6-3-11-18-17(14)15;1-13-5-7-16(8-6-13)22(20,21)19-12-15-4-2-3-14-11-18-10-9-17(14)15;1-13-6-8-16(9-7-13)22(20,21)19-12-15-11-18-10-14-4-2-3-5-17(14)15;19-21(20,15-9-2-1-3-10-15)18-12-14-7-4-6-13-8-5-11-17-16(13)14;19-21(20,15-7-2-1-3-8-15)18-12-14-6-4-5-13-11-17-10-9-16(13)14;19-21(20,15-7-2-1-3-8-15)18-12-14-11-17-10-13-6-4-5-9-16(13)14/h3*2-12H,1H3;3*1-12H. The Bertz CT molecular complexity index is 7210. The number of rotatable bonds is 18. The highest BCUT2D eigenvalue weighted by molar-refractivity contribution is 7.91. The van der Waals surface area contributed by atoms with E-state index in [9.17, 15) is 50.5 Å². The van der Waals surface area contributed by atoms with E-state index in [1.54, 1.807) is 201 Å². The van der Waals surface area contributed by atoms with Crippen LogP contribution in [0.2, 0.25) is 0 Å². The molecule has 0 aliphatic rings. The van der Waals surface area contributed by atoms with Crippen LogP contribution < -0.4 is 0 Å². The zero-order valence-corrected chi connectivity index (χ0v) is 74.0. The highest BCUT2D eigenvalue weighted by atomic mass is 32.2. The number of pyridine rings is 6. The molecule has 0 aliphatic heterocycles. The molecule has 642 valence electrons. The normalized spacial score (nSPS) is 12.0. The van der Waals surface area contributed by atoms with Crippen LogP contribution in [0.4, 0.5) is 0 Å². The van der Waals surface area contributed by atoms with Crippen molar-refractivity contribution in [2.24, 2.45) is 26.4 Å². The molecular formula is C99H78N12O12S6. The molecule has 0 saturated heterocycles. The summed E-state index contributed by atoms with van der Waals surface area (Å²) in [5, 5.41) is 9.33. The smallest absolute Gasteiger partial charge is 0.264 e. The topological polar surface area (TPSA) is 356 Å². The summed E-state index contributed by atoms with van der Waals surface area (Å²) < 4.78 is 169. The van der Waals surface area contributed by atoms with Crippen molar-refractivity contribution in [1.82, 2.24) is 29.9 Å². The van der Waals surface area contributed by atoms with Gasteiger partial charge in [-0.15, -0.1) is 0 Å². The molecule has 0 unspecified atom stereocenters. The summed E-state index contributed by atoms with van der Waals surface area (Å²) in [6, 6.07) is 93.2. The second-order valence-corrected chi connectivity index (χ2v) is 38.1. The molecule has 129 heavy (non-hydrogen) atoms. The van der Waals surface area contributed by atoms with E-state index < -0.39 is 60.1 Å². The zero-order chi connectivity index (χ0) is 90.9. The van der Waals surface area contributed by atoms with Gasteiger partial charge < -0.3 is 0 Å². The van der Waals surface area contributed by atoms with Crippen LogP contribution in [-0.2, 0) is 60.1 Å². The van der Waals surface area contributed by atoms with E-state index in [1.165, 1.54) is 73.7 Å². The summed E-state index contributed by atoms with van der Waals surface area (Å²) in [5.41, 5.74) is 8.65. The monoisotopic (exact) mass is 1820 g/mol. The molecule has 6 aromatic heterocycles. The first kappa shape index (κ1) is 91.5. The first-order chi connectivity index (χ1) is 62.2. The fourth-order valence-electron chi connectivity index (χ4n) is 12.5. The highest BCUT2D eigenvalue weighted by Gasteiger charge is 2.18. The van der Waals surface area contributed by atoms with Crippen LogP contribution in [0.25, 0.3) is 64.9 Å². The molecule has 12 aromatic carbocycles. The predicted octanol–water partition coefficient (Wildman–Crippen LogP) is 19.2. The maximum atomic E-state index is 12.2. The lowest BCUT2D eigenvalue weighted by atomic mass is 10.1. The van der Waals surface area contributed by atoms with Crippen molar-refractivity contribution in [2.45, 2.75) is 50.1 Å². The number of aromatic nitrogens is 6. The maximum Gasteiger partial charge on any atom is 0.282 e. The van der Waals surface area contributed by atoms with Gasteiger partial charge in [0.2, 0.25) is 0 Å². The van der Waals surface area contributed by atoms with Gasteiger partial charge >= 0.3 is 0 Å². The van der Waals surface area contributed by atoms with E-state index in [2.05, 4.69) is 56.3 Å². The van der Waals surface area contributed by atoms with Crippen molar-refractivity contribution in [3.05, 3.63) is 434 Å². The summed E-state index contributed by atoms with van der Waals surface area (Å²) in [7, 11) is -22.1. The summed E-state index contributed by atoms with van der Waals surface area (Å²) in [5.74, 6) is 0. The predicted molar refractivity (Wildman–Crippen MR) is 512 cm³/mol. The molecule has 0 spiro atoms. The molecule has 0 radical (unpaired) electrons. The first-order valence-electron chi connectivity index (χ1n) is 39.3. The minimum Gasteiger partial charge on any atom is -0.264 e. The summed E-state index contributed by atoms with van der Waals surface area (Å²) >= 11 is 0. The molecular weight excluding hydrogens is 1740 g/mol. The number of para-hydroxylation sites is 2. The summed E-state index contributed by atoms with van der Waals surface area (Å²) in [4.78, 5) is 26.0. The molecule has 0 amide bonds. The van der Waals surface area contributed by atoms with Gasteiger partial charge in [0.15, 0.2) is 0 Å². The van der Waals surface area contributed by atoms with E-state index >= 15 is 0 Å². The van der Waals surface area contributed by atoms with Crippen molar-refractivity contribution in [1.29, 1.82) is 0 Å². The minimum atomic E-state index is -3.70. The average Bonchev–Trinajstić information content (AvgIpc) is 0.826. The molecule has 0 atom stereocenters. The average molecular weight is 1820 g/mol. The van der Waals surface area contributed by atoms with Gasteiger partial charge in [0.05, 0.1) is 40.4 Å². The number of nitrogens with zero attached hydrogens (tertiary/aromatic N) is 12. The van der Waals surface area contributed by atoms with Gasteiger partial charge in [0, 0.05) is 165 Å². The van der Waals surface area contributed by atoms with Gasteiger partial charge in [-0.1, -0.05) is 241 Å². The van der Waals surface area contributed by atoms with Crippen molar-refractivity contribution in [3.63, 3.8) is 0 Å². The van der Waals surface area contributed by atoms with Crippen molar-refractivity contribution >= 4 is 162 Å². The van der Waals surface area contributed by atoms with Gasteiger partial charge in [-0.2, -0.15) is 76.9 Å². The lowest BCUT2D eigenvalue weighted by Crippen LogP contribution is -1.98. The Morgan fingerprint density at radius 1 is 0.194 bits per heavy atom. The van der Waals surface area contributed by atoms with Gasteiger partial charge in [0.25, 0.3) is 60.1 Å². The third kappa shape index (κ3) is 24.7. The number of sulfonamides is 6. The van der Waals surface area contributed by atoms with Gasteiger partial charge in [-0.25, -0.2) is 0 Å². The van der Waals surface area contributed by atoms with E-state index in [-0.39, 0.29) is 29.4 Å². The zero-order valence-electron chi connectivity index (χ0n) is 69.1. The van der Waals surface area contributed by atoms with Gasteiger partial charge in [0.1, 0.15) is 0 Å². The summed E-state index contributed by atoms with van der Waals surface area (Å²) in [6.07, 6.45) is 25.0. The molecule has 0 saturated carbocycles. The van der Waals surface area contributed by atoms with E-state index in [0.29, 0.717) is 22.3 Å². The Kier molecular flexibility index (Phi) is 29.9. The quantitative estimate of drug-likeness (QED) is 0.0720. The summed E-state index contributed by atoms with van der Waals surface area (Å²) in [6.45, 7) is 5.71. The Morgan fingerprint density at radius 3 is 0.744 bits per heavy atom. The Labute approximate surface area is 747 Å². The fourth-order valence-corrected chi connectivity index (χ4v) is 17.7. The van der Waals surface area contributed by atoms with Crippen molar-refractivity contribution < 1.29 is 50.5 Å². The van der Waals surface area contributed by atoms with Crippen LogP contribution in [0.5, 0.6) is 0 Å². The van der Waals surface area contributed by atoms with Crippen molar-refractivity contribution in [2.75, 3.05) is 0 Å². The van der Waals surface area contributed by atoms with E-state index in [1.807, 2.05) is 166 Å². The number of aryl methyl sites for hydroxylation is 3. The lowest BCUT2D eigenvalue weighted by Gasteiger charge is -2.02. The molecule has 30 heteroatoms. The highest BCUT2D eigenvalue weighted by Crippen LogP contribution is 2.26. The number of hydrogen-bond donors (Lipinski definition) is 0. The van der Waals surface area contributed by atoms with Crippen LogP contribution in [0, 0.1) is 20.8 Å². The Balaban J connectivity index is 0.000000132. The molecule has 0 aliphatic carbocycles. The number of benzene rings is 12. The minimum absolute atomic E-state index is 0.175. The van der Waals surface area contributed by atoms with Gasteiger partial charge in [-0.3, -0.25) is 29.9 Å². The molecule has 0 N–H and O–H groups in total. The first-order valence-corrected chi connectivity index (χ1v) is 48.0. The number of fused-ring (bicyclic) bond motifs is 6. The van der Waals surface area contributed by atoms with E-state index in [4.69, 9.17) is 0 Å². The van der Waals surface area contributed by atoms with Crippen LogP contribution in [0.15, 0.2) is 439 Å². The van der Waals surface area contributed by atoms with Gasteiger partial charge in [-0.05, 0) is 139 Å². The molecule has 6 heterocycles.